The van der Waals surface area contributed by atoms with Gasteiger partial charge in [0.1, 0.15) is 5.82 Å². The molecule has 0 aliphatic carbocycles. The van der Waals surface area contributed by atoms with Crippen molar-refractivity contribution in [2.45, 2.75) is 6.42 Å². The number of anilines is 1. The molecule has 1 aromatic rings. The molecule has 5 nitrogen and oxygen atoms in total. The first kappa shape index (κ1) is 12.3. The summed E-state index contributed by atoms with van der Waals surface area (Å²) < 4.78 is 0.652. The van der Waals surface area contributed by atoms with E-state index in [4.69, 9.17) is 17.3 Å². The number of nitrogens with two attached hydrogens (primary N) is 1. The standard InChI is InChI=1S/C10H9BrClN3O2/c11-6-2-8(14-3-7(6)12)15-4-5(10(13)17)1-9(15)16/h2-3,5H,1,4H2,(H2,13,17). The summed E-state index contributed by atoms with van der Waals surface area (Å²) in [5, 5.41) is 0.465. The summed E-state index contributed by atoms with van der Waals surface area (Å²) in [7, 11) is 0. The summed E-state index contributed by atoms with van der Waals surface area (Å²) in [4.78, 5) is 28.3. The predicted octanol–water partition coefficient (Wildman–Crippen LogP) is 1.34. The van der Waals surface area contributed by atoms with Crippen molar-refractivity contribution in [3.63, 3.8) is 0 Å². The molecule has 2 N–H and O–H groups in total. The highest BCUT2D eigenvalue weighted by Crippen LogP contribution is 2.28. The normalized spacial score (nSPS) is 19.8. The molecule has 1 atom stereocenters. The van der Waals surface area contributed by atoms with Crippen LogP contribution in [0.2, 0.25) is 5.02 Å². The van der Waals surface area contributed by atoms with Gasteiger partial charge in [-0.05, 0) is 22.0 Å². The highest BCUT2D eigenvalue weighted by atomic mass is 79.9. The number of nitrogens with zero attached hydrogens (tertiary/aromatic N) is 2. The van der Waals surface area contributed by atoms with Crippen molar-refractivity contribution in [2.75, 3.05) is 11.4 Å². The molecule has 7 heteroatoms. The van der Waals surface area contributed by atoms with E-state index >= 15 is 0 Å². The molecule has 2 amide bonds. The molecule has 1 aromatic heterocycles. The van der Waals surface area contributed by atoms with Gasteiger partial charge in [0.15, 0.2) is 0 Å². The van der Waals surface area contributed by atoms with Crippen molar-refractivity contribution in [1.82, 2.24) is 4.98 Å². The minimum absolute atomic E-state index is 0.136. The summed E-state index contributed by atoms with van der Waals surface area (Å²) in [6.45, 7) is 0.273. The Kier molecular flexibility index (Phi) is 3.35. The van der Waals surface area contributed by atoms with E-state index in [1.807, 2.05) is 0 Å². The second-order valence-electron chi connectivity index (χ2n) is 3.76. The van der Waals surface area contributed by atoms with Crippen LogP contribution in [0, 0.1) is 5.92 Å². The zero-order chi connectivity index (χ0) is 12.6. The van der Waals surface area contributed by atoms with Crippen molar-refractivity contribution in [3.05, 3.63) is 21.8 Å². The van der Waals surface area contributed by atoms with Crippen molar-refractivity contribution < 1.29 is 9.59 Å². The van der Waals surface area contributed by atoms with Crippen LogP contribution in [0.1, 0.15) is 6.42 Å². The Bertz CT molecular complexity index is 494. The SMILES string of the molecule is NC(=O)C1CC(=O)N(c2cc(Br)c(Cl)cn2)C1. The Morgan fingerprint density at radius 2 is 2.35 bits per heavy atom. The van der Waals surface area contributed by atoms with Crippen molar-refractivity contribution in [2.24, 2.45) is 11.7 Å². The molecule has 1 fully saturated rings. The number of amides is 2. The second-order valence-corrected chi connectivity index (χ2v) is 5.03. The van der Waals surface area contributed by atoms with Crippen LogP contribution in [0.5, 0.6) is 0 Å². The number of pyridine rings is 1. The van der Waals surface area contributed by atoms with Gasteiger partial charge >= 0.3 is 0 Å². The molecule has 1 unspecified atom stereocenters. The highest BCUT2D eigenvalue weighted by Gasteiger charge is 2.34. The lowest BCUT2D eigenvalue weighted by Gasteiger charge is -2.15. The third-order valence-electron chi connectivity index (χ3n) is 2.60. The van der Waals surface area contributed by atoms with Gasteiger partial charge in [0.2, 0.25) is 11.8 Å². The minimum Gasteiger partial charge on any atom is -0.369 e. The zero-order valence-corrected chi connectivity index (χ0v) is 11.0. The Balaban J connectivity index is 2.26. The smallest absolute Gasteiger partial charge is 0.229 e. The fourth-order valence-corrected chi connectivity index (χ4v) is 2.08. The van der Waals surface area contributed by atoms with Crippen LogP contribution in [-0.2, 0) is 9.59 Å². The van der Waals surface area contributed by atoms with Crippen LogP contribution < -0.4 is 10.6 Å². The van der Waals surface area contributed by atoms with Crippen LogP contribution in [0.25, 0.3) is 0 Å². The summed E-state index contributed by atoms with van der Waals surface area (Å²) in [5.74, 6) is -0.599. The van der Waals surface area contributed by atoms with Gasteiger partial charge in [-0.3, -0.25) is 14.5 Å². The summed E-state index contributed by atoms with van der Waals surface area (Å²) in [5.41, 5.74) is 5.19. The molecule has 2 heterocycles. The third-order valence-corrected chi connectivity index (χ3v) is 3.78. The monoisotopic (exact) mass is 317 g/mol. The molecule has 1 aliphatic heterocycles. The number of hydrogen-bond donors (Lipinski definition) is 1. The van der Waals surface area contributed by atoms with Gasteiger partial charge < -0.3 is 5.73 Å². The molecule has 1 saturated heterocycles. The largest absolute Gasteiger partial charge is 0.369 e. The predicted molar refractivity (Wildman–Crippen MR) is 66.6 cm³/mol. The Labute approximate surface area is 111 Å². The van der Waals surface area contributed by atoms with Gasteiger partial charge in [0.25, 0.3) is 0 Å². The van der Waals surface area contributed by atoms with Crippen LogP contribution in [-0.4, -0.2) is 23.3 Å². The summed E-state index contributed by atoms with van der Waals surface area (Å²) >= 11 is 9.07. The lowest BCUT2D eigenvalue weighted by Crippen LogP contribution is -2.28. The Morgan fingerprint density at radius 3 is 2.88 bits per heavy atom. The average Bonchev–Trinajstić information content (AvgIpc) is 2.65. The van der Waals surface area contributed by atoms with E-state index in [-0.39, 0.29) is 18.9 Å². The summed E-state index contributed by atoms with van der Waals surface area (Å²) in [6.07, 6.45) is 1.59. The van der Waals surface area contributed by atoms with E-state index in [9.17, 15) is 9.59 Å². The number of primary amides is 1. The Morgan fingerprint density at radius 1 is 1.65 bits per heavy atom. The van der Waals surface area contributed by atoms with Crippen molar-refractivity contribution >= 4 is 45.2 Å². The van der Waals surface area contributed by atoms with Gasteiger partial charge in [-0.15, -0.1) is 0 Å². The molecule has 0 aromatic carbocycles. The van der Waals surface area contributed by atoms with Crippen molar-refractivity contribution in [1.29, 1.82) is 0 Å². The van der Waals surface area contributed by atoms with Crippen LogP contribution in [0.4, 0.5) is 5.82 Å². The number of rotatable bonds is 2. The highest BCUT2D eigenvalue weighted by molar-refractivity contribution is 9.10. The number of carbonyl (C=O) groups is 2. The van der Waals surface area contributed by atoms with Crippen LogP contribution in [0.3, 0.4) is 0 Å². The first-order valence-electron chi connectivity index (χ1n) is 4.89. The Hall–Kier alpha value is -1.14. The quantitative estimate of drug-likeness (QED) is 0.894. The van der Waals surface area contributed by atoms with Gasteiger partial charge in [-0.2, -0.15) is 0 Å². The number of halogens is 2. The molecule has 0 saturated carbocycles. The maximum atomic E-state index is 11.7. The zero-order valence-electron chi connectivity index (χ0n) is 8.69. The van der Waals surface area contributed by atoms with E-state index in [0.717, 1.165) is 0 Å². The van der Waals surface area contributed by atoms with E-state index in [1.54, 1.807) is 6.07 Å². The molecule has 1 aliphatic rings. The lowest BCUT2D eigenvalue weighted by atomic mass is 10.1. The van der Waals surface area contributed by atoms with Crippen LogP contribution >= 0.6 is 27.5 Å². The van der Waals surface area contributed by atoms with E-state index in [2.05, 4.69) is 20.9 Å². The summed E-state index contributed by atoms with van der Waals surface area (Å²) in [6, 6.07) is 1.64. The topological polar surface area (TPSA) is 76.3 Å². The first-order valence-corrected chi connectivity index (χ1v) is 6.07. The molecular weight excluding hydrogens is 309 g/mol. The van der Waals surface area contributed by atoms with Gasteiger partial charge in [-0.1, -0.05) is 11.6 Å². The number of hydrogen-bond acceptors (Lipinski definition) is 3. The molecular formula is C10H9BrClN3O2. The molecule has 0 spiro atoms. The molecule has 2 rings (SSSR count). The van der Waals surface area contributed by atoms with Crippen molar-refractivity contribution in [3.8, 4) is 0 Å². The molecule has 0 bridgehead atoms. The van der Waals surface area contributed by atoms with E-state index in [0.29, 0.717) is 15.3 Å². The first-order chi connectivity index (χ1) is 7.99. The van der Waals surface area contributed by atoms with Gasteiger partial charge in [0.05, 0.1) is 10.9 Å². The van der Waals surface area contributed by atoms with E-state index in [1.165, 1.54) is 11.1 Å². The van der Waals surface area contributed by atoms with Crippen LogP contribution in [0.15, 0.2) is 16.7 Å². The minimum atomic E-state index is -0.464. The van der Waals surface area contributed by atoms with Gasteiger partial charge in [-0.25, -0.2) is 4.98 Å². The maximum Gasteiger partial charge on any atom is 0.229 e. The number of carbonyl (C=O) groups excluding carboxylic acids is 2. The number of aromatic nitrogens is 1. The average molecular weight is 319 g/mol. The molecule has 17 heavy (non-hydrogen) atoms. The molecule has 0 radical (unpaired) electrons. The fourth-order valence-electron chi connectivity index (χ4n) is 1.67. The maximum absolute atomic E-state index is 11.7. The lowest BCUT2D eigenvalue weighted by molar-refractivity contribution is -0.123. The second kappa shape index (κ2) is 4.62. The van der Waals surface area contributed by atoms with Gasteiger partial charge in [0, 0.05) is 23.6 Å². The molecule has 90 valence electrons. The fraction of sp³-hybridized carbons (Fsp3) is 0.300. The third kappa shape index (κ3) is 2.42. The van der Waals surface area contributed by atoms with E-state index < -0.39 is 11.8 Å².